The number of carboxylic acids is 1. The number of anilines is 1. The maximum atomic E-state index is 10.8. The molecule has 0 radical (unpaired) electrons. The van der Waals surface area contributed by atoms with E-state index in [0.717, 1.165) is 56.4 Å². The normalized spacial score (nSPS) is 17.0. The average molecular weight is 278 g/mol. The second kappa shape index (κ2) is 6.65. The Morgan fingerprint density at radius 2 is 2.10 bits per heavy atom. The van der Waals surface area contributed by atoms with Gasteiger partial charge in [-0.2, -0.15) is 0 Å². The summed E-state index contributed by atoms with van der Waals surface area (Å²) in [7, 11) is 0. The van der Waals surface area contributed by atoms with Crippen LogP contribution in [0, 0.1) is 6.92 Å². The van der Waals surface area contributed by atoms with E-state index >= 15 is 0 Å². The molecule has 1 N–H and O–H groups in total. The Morgan fingerprint density at radius 3 is 2.80 bits per heavy atom. The summed E-state index contributed by atoms with van der Waals surface area (Å²) in [6.07, 6.45) is 1.85. The molecule has 0 amide bonds. The van der Waals surface area contributed by atoms with Gasteiger partial charge < -0.3 is 10.0 Å². The number of hydrogen-bond donors (Lipinski definition) is 1. The van der Waals surface area contributed by atoms with Crippen LogP contribution < -0.4 is 4.90 Å². The van der Waals surface area contributed by atoms with E-state index in [4.69, 9.17) is 5.11 Å². The van der Waals surface area contributed by atoms with Gasteiger partial charge in [-0.3, -0.25) is 9.69 Å². The van der Waals surface area contributed by atoms with Crippen LogP contribution in [-0.4, -0.2) is 58.7 Å². The SMILES string of the molecule is CCc1cc(N2CCCN(CC(=O)O)CC2)nc(C)n1. The molecule has 2 heterocycles. The predicted molar refractivity (Wildman–Crippen MR) is 77.1 cm³/mol. The van der Waals surface area contributed by atoms with Crippen LogP contribution in [0.1, 0.15) is 24.9 Å². The van der Waals surface area contributed by atoms with Crippen molar-refractivity contribution in [3.05, 3.63) is 17.6 Å². The number of aliphatic carboxylic acids is 1. The largest absolute Gasteiger partial charge is 0.480 e. The zero-order chi connectivity index (χ0) is 14.5. The number of nitrogens with zero attached hydrogens (tertiary/aromatic N) is 4. The van der Waals surface area contributed by atoms with Crippen LogP contribution in [0.3, 0.4) is 0 Å². The topological polar surface area (TPSA) is 69.6 Å². The number of aryl methyl sites for hydroxylation is 2. The molecule has 1 aromatic heterocycles. The minimum atomic E-state index is -0.760. The third-order valence-corrected chi connectivity index (χ3v) is 3.51. The van der Waals surface area contributed by atoms with E-state index in [1.165, 1.54) is 0 Å². The first-order chi connectivity index (χ1) is 9.58. The second-order valence-electron chi connectivity index (χ2n) is 5.13. The van der Waals surface area contributed by atoms with Gasteiger partial charge in [-0.1, -0.05) is 6.92 Å². The smallest absolute Gasteiger partial charge is 0.317 e. The van der Waals surface area contributed by atoms with Crippen molar-refractivity contribution in [2.24, 2.45) is 0 Å². The lowest BCUT2D eigenvalue weighted by Gasteiger charge is -2.22. The highest BCUT2D eigenvalue weighted by Crippen LogP contribution is 2.15. The van der Waals surface area contributed by atoms with Crippen LogP contribution in [0.15, 0.2) is 6.07 Å². The van der Waals surface area contributed by atoms with Gasteiger partial charge in [0.05, 0.1) is 6.54 Å². The van der Waals surface area contributed by atoms with E-state index in [1.54, 1.807) is 0 Å². The molecule has 1 aromatic rings. The Balaban J connectivity index is 2.06. The second-order valence-corrected chi connectivity index (χ2v) is 5.13. The summed E-state index contributed by atoms with van der Waals surface area (Å²) in [6, 6.07) is 2.04. The molecule has 0 aliphatic carbocycles. The average Bonchev–Trinajstić information content (AvgIpc) is 2.63. The summed E-state index contributed by atoms with van der Waals surface area (Å²) in [5.41, 5.74) is 1.05. The highest BCUT2D eigenvalue weighted by Gasteiger charge is 2.18. The Hall–Kier alpha value is -1.69. The summed E-state index contributed by atoms with van der Waals surface area (Å²) < 4.78 is 0. The van der Waals surface area contributed by atoms with Gasteiger partial charge in [-0.05, 0) is 19.8 Å². The minimum Gasteiger partial charge on any atom is -0.480 e. The number of carbonyl (C=O) groups is 1. The van der Waals surface area contributed by atoms with Crippen LogP contribution in [-0.2, 0) is 11.2 Å². The lowest BCUT2D eigenvalue weighted by Crippen LogP contribution is -2.34. The molecule has 0 saturated carbocycles. The molecule has 0 aromatic carbocycles. The highest BCUT2D eigenvalue weighted by atomic mass is 16.4. The van der Waals surface area contributed by atoms with Crippen molar-refractivity contribution in [2.75, 3.05) is 37.6 Å². The summed E-state index contributed by atoms with van der Waals surface area (Å²) in [4.78, 5) is 23.9. The van der Waals surface area contributed by atoms with Crippen molar-refractivity contribution >= 4 is 11.8 Å². The first kappa shape index (κ1) is 14.7. The molecule has 1 aliphatic heterocycles. The monoisotopic (exact) mass is 278 g/mol. The van der Waals surface area contributed by atoms with E-state index in [0.29, 0.717) is 0 Å². The fraction of sp³-hybridized carbons (Fsp3) is 0.643. The van der Waals surface area contributed by atoms with Gasteiger partial charge in [-0.25, -0.2) is 9.97 Å². The number of rotatable bonds is 4. The summed E-state index contributed by atoms with van der Waals surface area (Å²) >= 11 is 0. The van der Waals surface area contributed by atoms with Crippen molar-refractivity contribution in [3.63, 3.8) is 0 Å². The van der Waals surface area contributed by atoms with Gasteiger partial charge in [0.1, 0.15) is 11.6 Å². The van der Waals surface area contributed by atoms with Crippen molar-refractivity contribution in [1.82, 2.24) is 14.9 Å². The molecule has 0 bridgehead atoms. The molecule has 1 fully saturated rings. The lowest BCUT2D eigenvalue weighted by molar-refractivity contribution is -0.138. The van der Waals surface area contributed by atoms with Crippen LogP contribution in [0.25, 0.3) is 0 Å². The van der Waals surface area contributed by atoms with Gasteiger partial charge >= 0.3 is 5.97 Å². The molecule has 6 nitrogen and oxygen atoms in total. The molecule has 1 aliphatic rings. The quantitative estimate of drug-likeness (QED) is 0.884. The number of carboxylic acid groups (broad SMARTS) is 1. The summed E-state index contributed by atoms with van der Waals surface area (Å²) in [5, 5.41) is 8.87. The molecule has 1 saturated heterocycles. The highest BCUT2D eigenvalue weighted by molar-refractivity contribution is 5.69. The first-order valence-corrected chi connectivity index (χ1v) is 7.12. The van der Waals surface area contributed by atoms with Gasteiger partial charge in [-0.15, -0.1) is 0 Å². The molecular formula is C14H22N4O2. The number of hydrogen-bond acceptors (Lipinski definition) is 5. The van der Waals surface area contributed by atoms with Crippen molar-refractivity contribution in [2.45, 2.75) is 26.7 Å². The van der Waals surface area contributed by atoms with Crippen molar-refractivity contribution in [1.29, 1.82) is 0 Å². The maximum Gasteiger partial charge on any atom is 0.317 e. The molecule has 110 valence electrons. The van der Waals surface area contributed by atoms with E-state index in [1.807, 2.05) is 17.9 Å². The van der Waals surface area contributed by atoms with E-state index in [-0.39, 0.29) is 6.54 Å². The fourth-order valence-corrected chi connectivity index (χ4v) is 2.50. The first-order valence-electron chi connectivity index (χ1n) is 7.12. The standard InChI is InChI=1S/C14H22N4O2/c1-3-12-9-13(16-11(2)15-12)18-6-4-5-17(7-8-18)10-14(19)20/h9H,3-8,10H2,1-2H3,(H,19,20). The maximum absolute atomic E-state index is 10.8. The Morgan fingerprint density at radius 1 is 1.30 bits per heavy atom. The summed E-state index contributed by atoms with van der Waals surface area (Å²) in [6.45, 7) is 7.43. The zero-order valence-electron chi connectivity index (χ0n) is 12.2. The third kappa shape index (κ3) is 3.90. The van der Waals surface area contributed by atoms with Gasteiger partial charge in [0.25, 0.3) is 0 Å². The fourth-order valence-electron chi connectivity index (χ4n) is 2.50. The van der Waals surface area contributed by atoms with Gasteiger partial charge in [0, 0.05) is 37.9 Å². The molecule has 0 unspecified atom stereocenters. The van der Waals surface area contributed by atoms with Crippen LogP contribution in [0.5, 0.6) is 0 Å². The predicted octanol–water partition coefficient (Wildman–Crippen LogP) is 0.944. The van der Waals surface area contributed by atoms with E-state index in [9.17, 15) is 4.79 Å². The molecular weight excluding hydrogens is 256 g/mol. The molecule has 6 heteroatoms. The minimum absolute atomic E-state index is 0.122. The van der Waals surface area contributed by atoms with Crippen molar-refractivity contribution < 1.29 is 9.90 Å². The Labute approximate surface area is 119 Å². The number of aromatic nitrogens is 2. The van der Waals surface area contributed by atoms with Crippen LogP contribution in [0.4, 0.5) is 5.82 Å². The van der Waals surface area contributed by atoms with Crippen LogP contribution >= 0.6 is 0 Å². The van der Waals surface area contributed by atoms with Gasteiger partial charge in [0.15, 0.2) is 0 Å². The van der Waals surface area contributed by atoms with Crippen LogP contribution in [0.2, 0.25) is 0 Å². The van der Waals surface area contributed by atoms with E-state index in [2.05, 4.69) is 21.8 Å². The molecule has 2 rings (SSSR count). The third-order valence-electron chi connectivity index (χ3n) is 3.51. The zero-order valence-corrected chi connectivity index (χ0v) is 12.2. The Bertz CT molecular complexity index is 478. The van der Waals surface area contributed by atoms with Gasteiger partial charge in [0.2, 0.25) is 0 Å². The van der Waals surface area contributed by atoms with Crippen molar-refractivity contribution in [3.8, 4) is 0 Å². The van der Waals surface area contributed by atoms with E-state index < -0.39 is 5.97 Å². The lowest BCUT2D eigenvalue weighted by atomic mass is 10.3. The summed E-state index contributed by atoms with van der Waals surface area (Å²) in [5.74, 6) is 1.00. The molecule has 20 heavy (non-hydrogen) atoms. The molecule has 0 spiro atoms. The molecule has 0 atom stereocenters. The Kier molecular flexibility index (Phi) is 4.89.